The van der Waals surface area contributed by atoms with E-state index in [1.807, 2.05) is 92.7 Å². The summed E-state index contributed by atoms with van der Waals surface area (Å²) in [6, 6.07) is 25.0. The molecule has 0 spiro atoms. The third kappa shape index (κ3) is 4.15. The molecule has 0 fully saturated rings. The molecule has 7 nitrogen and oxygen atoms in total. The molecular formula is C27H25N5O2. The van der Waals surface area contributed by atoms with E-state index in [4.69, 9.17) is 4.74 Å². The van der Waals surface area contributed by atoms with Gasteiger partial charge in [0.15, 0.2) is 0 Å². The van der Waals surface area contributed by atoms with Crippen molar-refractivity contribution in [3.63, 3.8) is 0 Å². The monoisotopic (exact) mass is 451 g/mol. The summed E-state index contributed by atoms with van der Waals surface area (Å²) in [5.41, 5.74) is 4.92. The van der Waals surface area contributed by atoms with Gasteiger partial charge in [0.05, 0.1) is 5.57 Å². The molecule has 1 aliphatic heterocycles. The summed E-state index contributed by atoms with van der Waals surface area (Å²) in [4.78, 5) is 18.0. The number of anilines is 2. The smallest absolute Gasteiger partial charge is 0.255 e. The van der Waals surface area contributed by atoms with Gasteiger partial charge in [-0.1, -0.05) is 66.7 Å². The molecule has 3 aromatic carbocycles. The molecule has 0 unspecified atom stereocenters. The summed E-state index contributed by atoms with van der Waals surface area (Å²) in [6.07, 6.45) is 1.48. The molecule has 5 rings (SSSR count). The van der Waals surface area contributed by atoms with Crippen LogP contribution in [-0.4, -0.2) is 20.7 Å². The Kier molecular flexibility index (Phi) is 5.82. The summed E-state index contributed by atoms with van der Waals surface area (Å²) >= 11 is 0. The first-order valence-electron chi connectivity index (χ1n) is 11.1. The fraction of sp³-hybridized carbons (Fsp3) is 0.148. The first kappa shape index (κ1) is 21.5. The minimum atomic E-state index is -0.505. The van der Waals surface area contributed by atoms with E-state index >= 15 is 0 Å². The Morgan fingerprint density at radius 1 is 1.00 bits per heavy atom. The number of para-hydroxylation sites is 2. The van der Waals surface area contributed by atoms with Gasteiger partial charge >= 0.3 is 0 Å². The minimum Gasteiger partial charge on any atom is -0.489 e. The minimum absolute atomic E-state index is 0.205. The van der Waals surface area contributed by atoms with Gasteiger partial charge in [0, 0.05) is 16.9 Å². The molecule has 1 amide bonds. The molecule has 4 aromatic rings. The molecule has 1 aliphatic rings. The SMILES string of the molecule is CC1=C(C(=O)Nc2ccccc2C)[C@H](c2ccccc2OCc2ccccc2)n2ncnc2N1. The van der Waals surface area contributed by atoms with Crippen LogP contribution in [0.5, 0.6) is 5.75 Å². The van der Waals surface area contributed by atoms with Crippen LogP contribution in [0.25, 0.3) is 0 Å². The Hall–Kier alpha value is -4.39. The van der Waals surface area contributed by atoms with Gasteiger partial charge in [-0.2, -0.15) is 10.1 Å². The van der Waals surface area contributed by atoms with Gasteiger partial charge in [-0.25, -0.2) is 4.68 Å². The number of amides is 1. The van der Waals surface area contributed by atoms with E-state index in [2.05, 4.69) is 20.7 Å². The Bertz CT molecular complexity index is 1360. The average molecular weight is 452 g/mol. The maximum atomic E-state index is 13.6. The predicted molar refractivity (Wildman–Crippen MR) is 132 cm³/mol. The second kappa shape index (κ2) is 9.23. The Morgan fingerprint density at radius 2 is 1.74 bits per heavy atom. The third-order valence-electron chi connectivity index (χ3n) is 5.88. The van der Waals surface area contributed by atoms with Crippen molar-refractivity contribution in [2.24, 2.45) is 0 Å². The number of hydrogen-bond donors (Lipinski definition) is 2. The fourth-order valence-corrected chi connectivity index (χ4v) is 4.15. The molecule has 170 valence electrons. The number of rotatable bonds is 6. The Labute approximate surface area is 198 Å². The van der Waals surface area contributed by atoms with Gasteiger partial charge in [0.1, 0.15) is 24.7 Å². The maximum Gasteiger partial charge on any atom is 0.255 e. The molecule has 0 saturated heterocycles. The van der Waals surface area contributed by atoms with E-state index in [1.54, 1.807) is 4.68 Å². The highest BCUT2D eigenvalue weighted by Gasteiger charge is 2.35. The van der Waals surface area contributed by atoms with Gasteiger partial charge in [-0.3, -0.25) is 4.79 Å². The van der Waals surface area contributed by atoms with E-state index in [9.17, 15) is 4.79 Å². The lowest BCUT2D eigenvalue weighted by atomic mass is 9.94. The number of aryl methyl sites for hydroxylation is 1. The second-order valence-electron chi connectivity index (χ2n) is 8.18. The molecule has 0 aliphatic carbocycles. The highest BCUT2D eigenvalue weighted by atomic mass is 16.5. The van der Waals surface area contributed by atoms with Crippen LogP contribution in [-0.2, 0) is 11.4 Å². The Morgan fingerprint density at radius 3 is 2.56 bits per heavy atom. The molecule has 2 heterocycles. The molecule has 0 radical (unpaired) electrons. The summed E-state index contributed by atoms with van der Waals surface area (Å²) < 4.78 is 7.96. The van der Waals surface area contributed by atoms with Crippen LogP contribution in [0.15, 0.2) is 96.5 Å². The fourth-order valence-electron chi connectivity index (χ4n) is 4.15. The molecular weight excluding hydrogens is 426 g/mol. The topological polar surface area (TPSA) is 81.1 Å². The number of ether oxygens (including phenoxy) is 1. The summed E-state index contributed by atoms with van der Waals surface area (Å²) in [7, 11) is 0. The zero-order chi connectivity index (χ0) is 23.5. The maximum absolute atomic E-state index is 13.6. The van der Waals surface area contributed by atoms with Crippen LogP contribution in [0.4, 0.5) is 11.6 Å². The number of benzene rings is 3. The highest BCUT2D eigenvalue weighted by molar-refractivity contribution is 6.06. The van der Waals surface area contributed by atoms with E-state index in [1.165, 1.54) is 6.33 Å². The molecule has 2 N–H and O–H groups in total. The van der Waals surface area contributed by atoms with Crippen molar-refractivity contribution in [2.45, 2.75) is 26.5 Å². The lowest BCUT2D eigenvalue weighted by Crippen LogP contribution is -2.32. The average Bonchev–Trinajstić information content (AvgIpc) is 3.32. The van der Waals surface area contributed by atoms with Crippen LogP contribution in [0.1, 0.15) is 29.7 Å². The normalized spacial score (nSPS) is 14.8. The number of fused-ring (bicyclic) bond motifs is 1. The van der Waals surface area contributed by atoms with Gasteiger partial charge in [0.2, 0.25) is 5.95 Å². The number of aromatic nitrogens is 3. The quantitative estimate of drug-likeness (QED) is 0.427. The summed E-state index contributed by atoms with van der Waals surface area (Å²) in [5.74, 6) is 1.06. The third-order valence-corrected chi connectivity index (χ3v) is 5.88. The molecule has 1 aromatic heterocycles. The van der Waals surface area contributed by atoms with Crippen molar-refractivity contribution in [3.05, 3.63) is 113 Å². The van der Waals surface area contributed by atoms with Crippen molar-refractivity contribution in [1.29, 1.82) is 0 Å². The number of allylic oxidation sites excluding steroid dienone is 1. The molecule has 7 heteroatoms. The summed E-state index contributed by atoms with van der Waals surface area (Å²) in [5, 5.41) is 10.7. The zero-order valence-corrected chi connectivity index (χ0v) is 19.0. The highest BCUT2D eigenvalue weighted by Crippen LogP contribution is 2.39. The van der Waals surface area contributed by atoms with Gasteiger partial charge < -0.3 is 15.4 Å². The van der Waals surface area contributed by atoms with E-state index in [0.717, 1.165) is 28.1 Å². The number of nitrogens with zero attached hydrogens (tertiary/aromatic N) is 3. The summed E-state index contributed by atoms with van der Waals surface area (Å²) in [6.45, 7) is 4.27. The van der Waals surface area contributed by atoms with Crippen molar-refractivity contribution < 1.29 is 9.53 Å². The van der Waals surface area contributed by atoms with Crippen molar-refractivity contribution in [2.75, 3.05) is 10.6 Å². The first-order chi connectivity index (χ1) is 16.6. The molecule has 34 heavy (non-hydrogen) atoms. The number of nitrogens with one attached hydrogen (secondary N) is 2. The Balaban J connectivity index is 1.53. The number of carbonyl (C=O) groups excluding carboxylic acids is 1. The standard InChI is InChI=1S/C27H25N5O2/c1-18-10-6-8-14-22(18)31-26(33)24-19(2)30-27-28-17-29-32(27)25(24)21-13-7-9-15-23(21)34-16-20-11-4-3-5-12-20/h3-15,17,25H,16H2,1-2H3,(H,31,33)(H,28,29,30)/t25-/m0/s1. The zero-order valence-electron chi connectivity index (χ0n) is 19.0. The molecule has 0 saturated carbocycles. The van der Waals surface area contributed by atoms with Crippen LogP contribution in [0.2, 0.25) is 0 Å². The first-order valence-corrected chi connectivity index (χ1v) is 11.1. The van der Waals surface area contributed by atoms with E-state index in [-0.39, 0.29) is 5.91 Å². The van der Waals surface area contributed by atoms with Gasteiger partial charge in [0.25, 0.3) is 5.91 Å². The van der Waals surface area contributed by atoms with Crippen molar-refractivity contribution >= 4 is 17.5 Å². The molecule has 1 atom stereocenters. The van der Waals surface area contributed by atoms with Gasteiger partial charge in [-0.15, -0.1) is 0 Å². The van der Waals surface area contributed by atoms with E-state index in [0.29, 0.717) is 23.9 Å². The number of carbonyl (C=O) groups is 1. The largest absolute Gasteiger partial charge is 0.489 e. The van der Waals surface area contributed by atoms with Crippen LogP contribution in [0.3, 0.4) is 0 Å². The van der Waals surface area contributed by atoms with Crippen LogP contribution < -0.4 is 15.4 Å². The second-order valence-corrected chi connectivity index (χ2v) is 8.18. The van der Waals surface area contributed by atoms with Crippen LogP contribution in [0, 0.1) is 6.92 Å². The number of hydrogen-bond acceptors (Lipinski definition) is 5. The van der Waals surface area contributed by atoms with Crippen LogP contribution >= 0.6 is 0 Å². The van der Waals surface area contributed by atoms with E-state index < -0.39 is 6.04 Å². The van der Waals surface area contributed by atoms with Crippen molar-refractivity contribution in [3.8, 4) is 5.75 Å². The van der Waals surface area contributed by atoms with Crippen molar-refractivity contribution in [1.82, 2.24) is 14.8 Å². The van der Waals surface area contributed by atoms with Gasteiger partial charge in [-0.05, 0) is 37.1 Å². The predicted octanol–water partition coefficient (Wildman–Crippen LogP) is 5.09. The lowest BCUT2D eigenvalue weighted by molar-refractivity contribution is -0.113. The molecule has 0 bridgehead atoms. The lowest BCUT2D eigenvalue weighted by Gasteiger charge is -2.30.